The summed E-state index contributed by atoms with van der Waals surface area (Å²) in [5.41, 5.74) is 0.360. The highest BCUT2D eigenvalue weighted by Gasteiger charge is 2.31. The summed E-state index contributed by atoms with van der Waals surface area (Å²) in [7, 11) is 0. The smallest absolute Gasteiger partial charge is 0.270 e. The number of rotatable bonds is 3. The van der Waals surface area contributed by atoms with Crippen LogP contribution in [0.2, 0.25) is 0 Å². The number of nitro benzene ring substituents is 1. The Kier molecular flexibility index (Phi) is 4.35. The van der Waals surface area contributed by atoms with Crippen molar-refractivity contribution in [2.45, 2.75) is 12.5 Å². The second-order valence-electron chi connectivity index (χ2n) is 5.79. The summed E-state index contributed by atoms with van der Waals surface area (Å²) in [5, 5.41) is 14.2. The lowest BCUT2D eigenvalue weighted by molar-refractivity contribution is -0.384. The zero-order chi connectivity index (χ0) is 15.5. The molecule has 0 bridgehead atoms. The molecule has 1 unspecified atom stereocenters. The van der Waals surface area contributed by atoms with Crippen LogP contribution in [0, 0.1) is 10.1 Å². The van der Waals surface area contributed by atoms with Gasteiger partial charge in [-0.15, -0.1) is 0 Å². The number of nitro groups is 1. The third-order valence-electron chi connectivity index (χ3n) is 4.42. The van der Waals surface area contributed by atoms with Gasteiger partial charge in [0.05, 0.1) is 4.92 Å². The van der Waals surface area contributed by atoms with E-state index in [1.165, 1.54) is 12.1 Å². The molecule has 0 radical (unpaired) electrons. The number of likely N-dealkylation sites (tertiary alicyclic amines) is 1. The Morgan fingerprint density at radius 2 is 2.05 bits per heavy atom. The van der Waals surface area contributed by atoms with Gasteiger partial charge in [0.25, 0.3) is 11.6 Å². The minimum Gasteiger partial charge on any atom is -0.337 e. The fourth-order valence-electron chi connectivity index (χ4n) is 3.21. The van der Waals surface area contributed by atoms with Crippen molar-refractivity contribution < 1.29 is 9.72 Å². The summed E-state index contributed by atoms with van der Waals surface area (Å²) in [6, 6.07) is 6.39. The molecule has 22 heavy (non-hydrogen) atoms. The van der Waals surface area contributed by atoms with Gasteiger partial charge in [0.15, 0.2) is 0 Å². The lowest BCUT2D eigenvalue weighted by Gasteiger charge is -2.32. The minimum atomic E-state index is -0.468. The molecule has 1 aromatic carbocycles. The highest BCUT2D eigenvalue weighted by molar-refractivity contribution is 5.95. The summed E-state index contributed by atoms with van der Waals surface area (Å²) in [6.07, 6.45) is 0.973. The average molecular weight is 304 g/mol. The van der Waals surface area contributed by atoms with Crippen molar-refractivity contribution in [1.29, 1.82) is 0 Å². The Labute approximate surface area is 129 Å². The van der Waals surface area contributed by atoms with E-state index in [1.54, 1.807) is 12.1 Å². The normalized spacial score (nSPS) is 22.7. The van der Waals surface area contributed by atoms with Crippen LogP contribution < -0.4 is 5.32 Å². The first-order valence-electron chi connectivity index (χ1n) is 7.63. The molecule has 2 heterocycles. The molecule has 1 aromatic rings. The fourth-order valence-corrected chi connectivity index (χ4v) is 3.21. The number of nitrogens with one attached hydrogen (secondary N) is 1. The molecule has 2 saturated heterocycles. The molecule has 2 aliphatic heterocycles. The number of carbonyl (C=O) groups excluding carboxylic acids is 1. The van der Waals surface area contributed by atoms with Crippen LogP contribution in [-0.2, 0) is 0 Å². The highest BCUT2D eigenvalue weighted by atomic mass is 16.6. The molecule has 0 aromatic heterocycles. The monoisotopic (exact) mass is 304 g/mol. The van der Waals surface area contributed by atoms with Gasteiger partial charge in [0.2, 0.25) is 0 Å². The maximum atomic E-state index is 12.5. The van der Waals surface area contributed by atoms with Crippen molar-refractivity contribution >= 4 is 11.6 Å². The fraction of sp³-hybridized carbons (Fsp3) is 0.533. The number of hydrogen-bond donors (Lipinski definition) is 1. The van der Waals surface area contributed by atoms with Crippen molar-refractivity contribution in [3.05, 3.63) is 39.9 Å². The van der Waals surface area contributed by atoms with Crippen LogP contribution in [0.3, 0.4) is 0 Å². The molecule has 3 rings (SSSR count). The number of hydrogen-bond acceptors (Lipinski definition) is 5. The van der Waals surface area contributed by atoms with E-state index in [0.29, 0.717) is 18.2 Å². The standard InChI is InChI=1S/C15H20N4O3/c20-15(12-2-1-3-13(10-12)19(21)22)18-7-4-14(11-18)17-8-5-16-6-9-17/h1-3,10,14,16H,4-9,11H2. The Bertz CT molecular complexity index is 572. The van der Waals surface area contributed by atoms with E-state index in [0.717, 1.165) is 39.1 Å². The maximum absolute atomic E-state index is 12.5. The number of nitrogens with zero attached hydrogens (tertiary/aromatic N) is 3. The molecule has 1 atom stereocenters. The van der Waals surface area contributed by atoms with Crippen LogP contribution in [0.15, 0.2) is 24.3 Å². The van der Waals surface area contributed by atoms with Gasteiger partial charge in [-0.3, -0.25) is 19.8 Å². The summed E-state index contributed by atoms with van der Waals surface area (Å²) in [6.45, 7) is 5.45. The van der Waals surface area contributed by atoms with Crippen molar-refractivity contribution in [2.24, 2.45) is 0 Å². The first-order chi connectivity index (χ1) is 10.6. The molecule has 2 fully saturated rings. The second kappa shape index (κ2) is 6.41. The molecule has 118 valence electrons. The van der Waals surface area contributed by atoms with E-state index in [1.807, 2.05) is 4.90 Å². The maximum Gasteiger partial charge on any atom is 0.270 e. The first-order valence-corrected chi connectivity index (χ1v) is 7.63. The third-order valence-corrected chi connectivity index (χ3v) is 4.42. The van der Waals surface area contributed by atoms with E-state index >= 15 is 0 Å². The number of amides is 1. The molecule has 1 N–H and O–H groups in total. The van der Waals surface area contributed by atoms with Crippen LogP contribution in [0.1, 0.15) is 16.8 Å². The van der Waals surface area contributed by atoms with Crippen LogP contribution >= 0.6 is 0 Å². The summed E-state index contributed by atoms with van der Waals surface area (Å²) in [4.78, 5) is 27.1. The summed E-state index contributed by atoms with van der Waals surface area (Å²) < 4.78 is 0. The quantitative estimate of drug-likeness (QED) is 0.657. The predicted octanol–water partition coefficient (Wildman–Crippen LogP) is 0.714. The van der Waals surface area contributed by atoms with Crippen LogP contribution in [0.5, 0.6) is 0 Å². The molecule has 7 heteroatoms. The highest BCUT2D eigenvalue weighted by Crippen LogP contribution is 2.20. The molecule has 0 aliphatic carbocycles. The van der Waals surface area contributed by atoms with Gasteiger partial charge in [-0.05, 0) is 12.5 Å². The third kappa shape index (κ3) is 3.10. The molecular weight excluding hydrogens is 284 g/mol. The van der Waals surface area contributed by atoms with E-state index in [2.05, 4.69) is 10.2 Å². The van der Waals surface area contributed by atoms with Crippen LogP contribution in [0.25, 0.3) is 0 Å². The second-order valence-corrected chi connectivity index (χ2v) is 5.79. The molecule has 0 spiro atoms. The molecule has 2 aliphatic rings. The summed E-state index contributed by atoms with van der Waals surface area (Å²) in [5.74, 6) is -0.110. The number of non-ortho nitro benzene ring substituents is 1. The predicted molar refractivity (Wildman–Crippen MR) is 81.8 cm³/mol. The Morgan fingerprint density at radius 3 is 2.77 bits per heavy atom. The zero-order valence-corrected chi connectivity index (χ0v) is 12.4. The van der Waals surface area contributed by atoms with Crippen molar-refractivity contribution in [1.82, 2.24) is 15.1 Å². The van der Waals surface area contributed by atoms with Gasteiger partial charge in [-0.25, -0.2) is 0 Å². The average Bonchev–Trinajstić information content (AvgIpc) is 3.05. The molecule has 0 saturated carbocycles. The van der Waals surface area contributed by atoms with E-state index in [9.17, 15) is 14.9 Å². The van der Waals surface area contributed by atoms with E-state index in [-0.39, 0.29) is 11.6 Å². The zero-order valence-electron chi connectivity index (χ0n) is 12.4. The van der Waals surface area contributed by atoms with Gasteiger partial charge in [0.1, 0.15) is 0 Å². The van der Waals surface area contributed by atoms with Gasteiger partial charge in [0, 0.05) is 63.0 Å². The van der Waals surface area contributed by atoms with Crippen molar-refractivity contribution in [3.63, 3.8) is 0 Å². The van der Waals surface area contributed by atoms with E-state index in [4.69, 9.17) is 0 Å². The van der Waals surface area contributed by atoms with Gasteiger partial charge in [-0.1, -0.05) is 6.07 Å². The van der Waals surface area contributed by atoms with Crippen molar-refractivity contribution in [3.8, 4) is 0 Å². The molecule has 7 nitrogen and oxygen atoms in total. The minimum absolute atomic E-state index is 0.0382. The number of benzene rings is 1. The van der Waals surface area contributed by atoms with Crippen LogP contribution in [0.4, 0.5) is 5.69 Å². The van der Waals surface area contributed by atoms with Gasteiger partial charge >= 0.3 is 0 Å². The van der Waals surface area contributed by atoms with Gasteiger partial charge in [-0.2, -0.15) is 0 Å². The van der Waals surface area contributed by atoms with Crippen molar-refractivity contribution in [2.75, 3.05) is 39.3 Å². The largest absolute Gasteiger partial charge is 0.337 e. The SMILES string of the molecule is O=C(c1cccc([N+](=O)[O-])c1)N1CCC(N2CCNCC2)C1. The Morgan fingerprint density at radius 1 is 1.27 bits per heavy atom. The first kappa shape index (κ1) is 14.9. The lowest BCUT2D eigenvalue weighted by atomic mass is 10.2. The molecular formula is C15H20N4O3. The topological polar surface area (TPSA) is 78.7 Å². The van der Waals surface area contributed by atoms with Gasteiger partial charge < -0.3 is 10.2 Å². The number of piperazine rings is 1. The number of carbonyl (C=O) groups is 1. The Balaban J connectivity index is 1.66. The van der Waals surface area contributed by atoms with Crippen LogP contribution in [-0.4, -0.2) is 65.9 Å². The lowest BCUT2D eigenvalue weighted by Crippen LogP contribution is -2.49. The van der Waals surface area contributed by atoms with E-state index < -0.39 is 4.92 Å². The Hall–Kier alpha value is -1.99. The summed E-state index contributed by atoms with van der Waals surface area (Å²) >= 11 is 0. The molecule has 1 amide bonds.